The van der Waals surface area contributed by atoms with Gasteiger partial charge in [-0.1, -0.05) is 21.9 Å². The Kier molecular flexibility index (Phi) is 7.81. The van der Waals surface area contributed by atoms with E-state index in [-0.39, 0.29) is 12.2 Å². The molecule has 8 nitrogen and oxygen atoms in total. The molecule has 2 aromatic carbocycles. The number of pyridine rings is 1. The summed E-state index contributed by atoms with van der Waals surface area (Å²) < 4.78 is 66.3. The van der Waals surface area contributed by atoms with Crippen LogP contribution in [0.5, 0.6) is 0 Å². The molecule has 0 spiro atoms. The van der Waals surface area contributed by atoms with Crippen LogP contribution in [0, 0.1) is 0 Å². The normalized spacial score (nSPS) is 19.9. The molecule has 1 aliphatic heterocycles. The molecule has 1 aliphatic rings. The van der Waals surface area contributed by atoms with Crippen LogP contribution in [0.4, 0.5) is 24.7 Å². The number of morpholine rings is 1. The molecule has 0 saturated carbocycles. The lowest BCUT2D eigenvalue weighted by Crippen LogP contribution is -2.45. The van der Waals surface area contributed by atoms with Crippen molar-refractivity contribution in [2.45, 2.75) is 43.0 Å². The molecule has 0 aliphatic carbocycles. The van der Waals surface area contributed by atoms with E-state index in [1.54, 1.807) is 18.3 Å². The number of alkyl halides is 3. The molecule has 0 amide bonds. The van der Waals surface area contributed by atoms with Gasteiger partial charge in [0.25, 0.3) is 0 Å². The van der Waals surface area contributed by atoms with Crippen LogP contribution in [0.15, 0.2) is 65.7 Å². The molecule has 1 fully saturated rings. The van der Waals surface area contributed by atoms with Crippen molar-refractivity contribution >= 4 is 44.2 Å². The molecule has 4 aromatic rings. The molecule has 0 bridgehead atoms. The number of aromatic nitrogens is 3. The van der Waals surface area contributed by atoms with Gasteiger partial charge in [0.1, 0.15) is 11.6 Å². The van der Waals surface area contributed by atoms with Crippen molar-refractivity contribution in [1.29, 1.82) is 0 Å². The van der Waals surface area contributed by atoms with Crippen molar-refractivity contribution in [1.82, 2.24) is 19.9 Å². The molecule has 2 aromatic heterocycles. The fourth-order valence-corrected chi connectivity index (χ4v) is 5.70. The minimum absolute atomic E-state index is 0.0525. The molecule has 1 unspecified atom stereocenters. The smallest absolute Gasteiger partial charge is 0.373 e. The zero-order valence-electron chi connectivity index (χ0n) is 21.5. The zero-order chi connectivity index (χ0) is 28.7. The number of hydrogen-bond acceptors (Lipinski definition) is 7. The van der Waals surface area contributed by atoms with Gasteiger partial charge in [-0.2, -0.15) is 4.55 Å². The first-order chi connectivity index (χ1) is 18.9. The second-order valence-corrected chi connectivity index (χ2v) is 12.0. The first kappa shape index (κ1) is 28.4. The van der Waals surface area contributed by atoms with Gasteiger partial charge in [0.15, 0.2) is 0 Å². The van der Waals surface area contributed by atoms with Crippen molar-refractivity contribution in [3.05, 3.63) is 71.6 Å². The maximum Gasteiger partial charge on any atom is 0.614 e. The van der Waals surface area contributed by atoms with Gasteiger partial charge >= 0.3 is 15.7 Å². The number of fused-ring (bicyclic) bond motifs is 1. The predicted octanol–water partition coefficient (Wildman–Crippen LogP) is 6.55. The summed E-state index contributed by atoms with van der Waals surface area (Å²) in [6, 6.07) is 13.6. The molecule has 5 rings (SSSR count). The van der Waals surface area contributed by atoms with E-state index in [0.29, 0.717) is 58.6 Å². The largest absolute Gasteiger partial charge is 0.614 e. The highest BCUT2D eigenvalue weighted by atomic mass is 35.5. The molecule has 40 heavy (non-hydrogen) atoms. The number of rotatable bonds is 6. The van der Waals surface area contributed by atoms with Gasteiger partial charge in [0, 0.05) is 35.9 Å². The van der Waals surface area contributed by atoms with E-state index in [0.717, 1.165) is 17.7 Å². The minimum Gasteiger partial charge on any atom is -0.373 e. The summed E-state index contributed by atoms with van der Waals surface area (Å²) in [4.78, 5) is 15.4. The number of nitrogens with one attached hydrogen (secondary N) is 1. The Hall–Kier alpha value is -3.16. The summed E-state index contributed by atoms with van der Waals surface area (Å²) in [7, 11) is -5.20. The van der Waals surface area contributed by atoms with Gasteiger partial charge in [0.2, 0.25) is 4.90 Å². The third kappa shape index (κ3) is 5.96. The fourth-order valence-electron chi connectivity index (χ4n) is 4.70. The van der Waals surface area contributed by atoms with Crippen molar-refractivity contribution < 1.29 is 26.7 Å². The SMILES string of the molecule is C[C@@H]1CN(Cc2nc(Nc3ccc([S+](=O)(O)C(F)(F)F)cc3)c3ccc(-c4ncccc4Cl)cc3n2)C[C@H](C)O1. The highest BCUT2D eigenvalue weighted by Gasteiger charge is 2.60. The molecule has 13 heteroatoms. The molecule has 3 atom stereocenters. The first-order valence-electron chi connectivity index (χ1n) is 12.4. The Labute approximate surface area is 234 Å². The number of benzene rings is 2. The first-order valence-corrected chi connectivity index (χ1v) is 14.3. The van der Waals surface area contributed by atoms with E-state index < -0.39 is 20.6 Å². The van der Waals surface area contributed by atoms with E-state index in [4.69, 9.17) is 26.3 Å². The number of halogens is 4. The summed E-state index contributed by atoms with van der Waals surface area (Å²) in [5.41, 5.74) is -2.91. The van der Waals surface area contributed by atoms with Crippen molar-refractivity contribution in [2.24, 2.45) is 0 Å². The lowest BCUT2D eigenvalue weighted by Gasteiger charge is -2.34. The van der Waals surface area contributed by atoms with E-state index in [2.05, 4.69) is 15.2 Å². The maximum atomic E-state index is 13.0. The van der Waals surface area contributed by atoms with Crippen molar-refractivity contribution in [3.8, 4) is 11.3 Å². The van der Waals surface area contributed by atoms with Gasteiger partial charge in [-0.05, 0) is 62.4 Å². The minimum atomic E-state index is -5.28. The summed E-state index contributed by atoms with van der Waals surface area (Å²) in [6.07, 6.45) is 1.76. The van der Waals surface area contributed by atoms with Crippen LogP contribution in [-0.4, -0.2) is 55.2 Å². The quantitative estimate of drug-likeness (QED) is 0.243. The van der Waals surface area contributed by atoms with E-state index in [9.17, 15) is 21.9 Å². The molecule has 0 radical (unpaired) electrons. The average molecular weight is 593 g/mol. The predicted molar refractivity (Wildman–Crippen MR) is 148 cm³/mol. The van der Waals surface area contributed by atoms with Gasteiger partial charge < -0.3 is 10.1 Å². The second-order valence-electron chi connectivity index (χ2n) is 9.63. The molecule has 3 heterocycles. The number of anilines is 2. The fraction of sp³-hybridized carbons (Fsp3) is 0.296. The second kappa shape index (κ2) is 11.0. The van der Waals surface area contributed by atoms with E-state index >= 15 is 0 Å². The Morgan fingerprint density at radius 2 is 1.80 bits per heavy atom. The van der Waals surface area contributed by atoms with Crippen LogP contribution in [0.1, 0.15) is 19.7 Å². The summed E-state index contributed by atoms with van der Waals surface area (Å²) in [5.74, 6) is 0.967. The Morgan fingerprint density at radius 1 is 1.10 bits per heavy atom. The number of ether oxygens (including phenoxy) is 1. The van der Waals surface area contributed by atoms with E-state index in [1.165, 1.54) is 12.1 Å². The molecule has 1 saturated heterocycles. The lowest BCUT2D eigenvalue weighted by atomic mass is 10.1. The van der Waals surface area contributed by atoms with Crippen LogP contribution < -0.4 is 5.32 Å². The highest BCUT2D eigenvalue weighted by molar-refractivity contribution is 7.98. The van der Waals surface area contributed by atoms with Crippen LogP contribution in [0.3, 0.4) is 0 Å². The lowest BCUT2D eigenvalue weighted by molar-refractivity contribution is -0.0710. The Morgan fingerprint density at radius 3 is 2.45 bits per heavy atom. The molecule has 210 valence electrons. The van der Waals surface area contributed by atoms with Crippen LogP contribution in [-0.2, 0) is 25.7 Å². The Bertz CT molecular complexity index is 1580. The maximum absolute atomic E-state index is 13.0. The molecule has 2 N–H and O–H groups in total. The van der Waals surface area contributed by atoms with Gasteiger partial charge in [-0.25, -0.2) is 9.97 Å². The number of nitrogens with zero attached hydrogens (tertiary/aromatic N) is 4. The van der Waals surface area contributed by atoms with E-state index in [1.807, 2.05) is 32.0 Å². The van der Waals surface area contributed by atoms with Gasteiger partial charge in [0.05, 0.1) is 35.0 Å². The summed E-state index contributed by atoms with van der Waals surface area (Å²) >= 11 is 6.37. The van der Waals surface area contributed by atoms with Crippen LogP contribution >= 0.6 is 11.6 Å². The van der Waals surface area contributed by atoms with Gasteiger partial charge in [-0.15, -0.1) is 13.2 Å². The standard InChI is InChI=1S/C27H25ClF3N5O3S/c1-16-13-36(14-17(2)39-16)15-24-34-23-12-18(25-22(28)4-3-11-32-25)5-10-21(23)26(35-24)33-19-6-8-20(9-7-19)40(37,38)27(29,30)31/h3-12,16-17H,13-15H2,1-2H3,(H-,33,34,35,37,38)/p+1/t16-,17+. The Balaban J connectivity index is 1.53. The topological polar surface area (TPSA) is 100 Å². The van der Waals surface area contributed by atoms with Gasteiger partial charge in [-0.3, -0.25) is 9.88 Å². The summed E-state index contributed by atoms with van der Waals surface area (Å²) in [5, 5.41) is 4.29. The highest BCUT2D eigenvalue weighted by Crippen LogP contribution is 2.36. The van der Waals surface area contributed by atoms with Crippen LogP contribution in [0.25, 0.3) is 22.2 Å². The summed E-state index contributed by atoms with van der Waals surface area (Å²) in [6.45, 7) is 5.88. The van der Waals surface area contributed by atoms with Crippen LogP contribution in [0.2, 0.25) is 5.02 Å². The van der Waals surface area contributed by atoms with Crippen molar-refractivity contribution in [3.63, 3.8) is 0 Å². The third-order valence-corrected chi connectivity index (χ3v) is 8.23. The molecular weight excluding hydrogens is 567 g/mol. The average Bonchev–Trinajstić information content (AvgIpc) is 2.88. The third-order valence-electron chi connectivity index (χ3n) is 6.39. The van der Waals surface area contributed by atoms with Crippen molar-refractivity contribution in [2.75, 3.05) is 18.4 Å². The number of hydrogen-bond donors (Lipinski definition) is 2. The molecular formula is C27H26ClF3N5O3S+. The zero-order valence-corrected chi connectivity index (χ0v) is 23.1. The monoisotopic (exact) mass is 592 g/mol.